The van der Waals surface area contributed by atoms with Crippen molar-refractivity contribution in [3.05, 3.63) is 12.7 Å². The van der Waals surface area contributed by atoms with Crippen molar-refractivity contribution in [2.75, 3.05) is 11.5 Å². The summed E-state index contributed by atoms with van der Waals surface area (Å²) in [7, 11) is -3.53. The van der Waals surface area contributed by atoms with E-state index in [1.807, 2.05) is 5.32 Å². The van der Waals surface area contributed by atoms with Gasteiger partial charge in [0.15, 0.2) is 9.84 Å². The molecule has 0 aliphatic rings. The molecule has 0 fully saturated rings. The summed E-state index contributed by atoms with van der Waals surface area (Å²) in [6, 6.07) is -1.10. The topological polar surface area (TPSA) is 101 Å². The fourth-order valence-corrected chi connectivity index (χ4v) is 1.74. The first kappa shape index (κ1) is 13.6. The second kappa shape index (κ2) is 5.50. The normalized spacial score (nSPS) is 12.9. The van der Waals surface area contributed by atoms with Crippen LogP contribution in [0.15, 0.2) is 12.7 Å². The largest absolute Gasteiger partial charge is 0.480 e. The fraction of sp³-hybridized carbons (Fsp3) is 0.500. The van der Waals surface area contributed by atoms with E-state index >= 15 is 0 Å². The van der Waals surface area contributed by atoms with Gasteiger partial charge in [-0.2, -0.15) is 0 Å². The summed E-state index contributed by atoms with van der Waals surface area (Å²) in [5.74, 6) is -3.07. The molecule has 1 amide bonds. The number of hydrogen-bond donors (Lipinski definition) is 2. The third-order valence-corrected chi connectivity index (χ3v) is 2.92. The average molecular weight is 235 g/mol. The zero-order valence-corrected chi connectivity index (χ0v) is 9.08. The summed E-state index contributed by atoms with van der Waals surface area (Å²) in [4.78, 5) is 21.4. The van der Waals surface area contributed by atoms with Gasteiger partial charge in [0.25, 0.3) is 0 Å². The van der Waals surface area contributed by atoms with Crippen LogP contribution in [0.4, 0.5) is 0 Å². The first-order valence-corrected chi connectivity index (χ1v) is 5.94. The Morgan fingerprint density at radius 1 is 1.53 bits per heavy atom. The minimum Gasteiger partial charge on any atom is -0.480 e. The van der Waals surface area contributed by atoms with Crippen LogP contribution in [0, 0.1) is 0 Å². The van der Waals surface area contributed by atoms with Gasteiger partial charge >= 0.3 is 5.97 Å². The first-order valence-electron chi connectivity index (χ1n) is 4.12. The van der Waals surface area contributed by atoms with E-state index in [0.29, 0.717) is 0 Å². The number of carboxylic acid groups (broad SMARTS) is 1. The Morgan fingerprint density at radius 2 is 2.07 bits per heavy atom. The molecule has 6 nitrogen and oxygen atoms in total. The molecule has 0 spiro atoms. The maximum atomic E-state index is 11.1. The van der Waals surface area contributed by atoms with Crippen LogP contribution in [0.25, 0.3) is 0 Å². The van der Waals surface area contributed by atoms with E-state index in [9.17, 15) is 18.0 Å². The molecule has 0 bridgehead atoms. The summed E-state index contributed by atoms with van der Waals surface area (Å²) in [6.45, 7) is 4.49. The Labute approximate surface area is 87.9 Å². The second-order valence-electron chi connectivity index (χ2n) is 2.97. The molecule has 0 aliphatic heterocycles. The maximum absolute atomic E-state index is 11.1. The van der Waals surface area contributed by atoms with Crippen molar-refractivity contribution < 1.29 is 23.1 Å². The number of nitrogens with one attached hydrogen (secondary N) is 1. The van der Waals surface area contributed by atoms with Gasteiger partial charge in [-0.05, 0) is 6.92 Å². The molecule has 0 aromatic heterocycles. The van der Waals surface area contributed by atoms with Gasteiger partial charge in [0, 0.05) is 0 Å². The molecule has 0 heterocycles. The molecule has 0 radical (unpaired) electrons. The van der Waals surface area contributed by atoms with Gasteiger partial charge in [-0.1, -0.05) is 6.08 Å². The van der Waals surface area contributed by atoms with Crippen molar-refractivity contribution in [2.24, 2.45) is 0 Å². The number of carbonyl (C=O) groups excluding carboxylic acids is 1. The van der Waals surface area contributed by atoms with Crippen LogP contribution < -0.4 is 5.32 Å². The van der Waals surface area contributed by atoms with E-state index in [1.54, 1.807) is 0 Å². The summed E-state index contributed by atoms with van der Waals surface area (Å²) >= 11 is 0. The lowest BCUT2D eigenvalue weighted by molar-refractivity contribution is -0.140. The molecular weight excluding hydrogens is 222 g/mol. The number of carboxylic acids is 1. The Kier molecular flexibility index (Phi) is 4.99. The van der Waals surface area contributed by atoms with Crippen molar-refractivity contribution in [3.63, 3.8) is 0 Å². The van der Waals surface area contributed by atoms with Gasteiger partial charge in [0.1, 0.15) is 11.8 Å². The molecule has 7 heteroatoms. The maximum Gasteiger partial charge on any atom is 0.325 e. The Balaban J connectivity index is 4.27. The summed E-state index contributed by atoms with van der Waals surface area (Å²) in [6.07, 6.45) is 1.17. The summed E-state index contributed by atoms with van der Waals surface area (Å²) in [5, 5.41) is 10.5. The Bertz CT molecular complexity index is 359. The molecule has 0 saturated heterocycles. The Morgan fingerprint density at radius 3 is 2.47 bits per heavy atom. The minimum atomic E-state index is -3.53. The number of amides is 1. The lowest BCUT2D eigenvalue weighted by Gasteiger charge is -2.08. The standard InChI is InChI=1S/C8H13NO5S/c1-3-4-15(13,14)5-7(10)9-6(2)8(11)12/h3,6H,1,4-5H2,2H3,(H,9,10)(H,11,12). The monoisotopic (exact) mass is 235 g/mol. The van der Waals surface area contributed by atoms with E-state index in [1.165, 1.54) is 13.0 Å². The third kappa shape index (κ3) is 5.84. The molecule has 1 unspecified atom stereocenters. The molecule has 86 valence electrons. The highest BCUT2D eigenvalue weighted by atomic mass is 32.2. The average Bonchev–Trinajstić information content (AvgIpc) is 2.01. The lowest BCUT2D eigenvalue weighted by atomic mass is 10.3. The van der Waals surface area contributed by atoms with Crippen molar-refractivity contribution in [3.8, 4) is 0 Å². The molecule has 0 saturated carbocycles. The fourth-order valence-electron chi connectivity index (χ4n) is 0.783. The second-order valence-corrected chi connectivity index (χ2v) is 5.08. The molecule has 1 atom stereocenters. The summed E-state index contributed by atoms with van der Waals surface area (Å²) < 4.78 is 22.2. The molecule has 0 aromatic rings. The number of rotatable bonds is 6. The highest BCUT2D eigenvalue weighted by Crippen LogP contribution is 1.91. The zero-order chi connectivity index (χ0) is 12.1. The smallest absolute Gasteiger partial charge is 0.325 e. The minimum absolute atomic E-state index is 0.304. The van der Waals surface area contributed by atoms with Gasteiger partial charge in [0.05, 0.1) is 5.75 Å². The van der Waals surface area contributed by atoms with Gasteiger partial charge in [-0.3, -0.25) is 9.59 Å². The highest BCUT2D eigenvalue weighted by molar-refractivity contribution is 7.92. The van der Waals surface area contributed by atoms with Crippen LogP contribution >= 0.6 is 0 Å². The van der Waals surface area contributed by atoms with Crippen LogP contribution in [0.5, 0.6) is 0 Å². The van der Waals surface area contributed by atoms with Crippen LogP contribution in [0.3, 0.4) is 0 Å². The van der Waals surface area contributed by atoms with E-state index in [-0.39, 0.29) is 5.75 Å². The van der Waals surface area contributed by atoms with Gasteiger partial charge in [-0.15, -0.1) is 6.58 Å². The SMILES string of the molecule is C=CCS(=O)(=O)CC(=O)NC(C)C(=O)O. The molecule has 2 N–H and O–H groups in total. The Hall–Kier alpha value is -1.37. The number of aliphatic carboxylic acids is 1. The van der Waals surface area contributed by atoms with E-state index in [0.717, 1.165) is 0 Å². The first-order chi connectivity index (χ1) is 6.78. The molecule has 0 rings (SSSR count). The quantitative estimate of drug-likeness (QED) is 0.586. The van der Waals surface area contributed by atoms with Crippen molar-refractivity contribution in [1.29, 1.82) is 0 Å². The zero-order valence-electron chi connectivity index (χ0n) is 8.26. The molecular formula is C8H13NO5S. The van der Waals surface area contributed by atoms with Crippen LogP contribution in [-0.2, 0) is 19.4 Å². The number of hydrogen-bond acceptors (Lipinski definition) is 4. The molecule has 0 aromatic carbocycles. The van der Waals surface area contributed by atoms with E-state index in [2.05, 4.69) is 6.58 Å². The number of carbonyl (C=O) groups is 2. The van der Waals surface area contributed by atoms with Crippen LogP contribution in [-0.4, -0.2) is 42.9 Å². The highest BCUT2D eigenvalue weighted by Gasteiger charge is 2.19. The van der Waals surface area contributed by atoms with Gasteiger partial charge in [-0.25, -0.2) is 8.42 Å². The van der Waals surface area contributed by atoms with Gasteiger partial charge in [0.2, 0.25) is 5.91 Å². The lowest BCUT2D eigenvalue weighted by Crippen LogP contribution is -2.41. The van der Waals surface area contributed by atoms with Crippen LogP contribution in [0.2, 0.25) is 0 Å². The van der Waals surface area contributed by atoms with Crippen molar-refractivity contribution >= 4 is 21.7 Å². The molecule has 0 aliphatic carbocycles. The molecule has 15 heavy (non-hydrogen) atoms. The van der Waals surface area contributed by atoms with E-state index in [4.69, 9.17) is 5.11 Å². The van der Waals surface area contributed by atoms with E-state index < -0.39 is 33.5 Å². The van der Waals surface area contributed by atoms with Crippen LogP contribution in [0.1, 0.15) is 6.92 Å². The third-order valence-electron chi connectivity index (χ3n) is 1.47. The predicted molar refractivity (Wildman–Crippen MR) is 54.1 cm³/mol. The number of sulfone groups is 1. The van der Waals surface area contributed by atoms with Crippen molar-refractivity contribution in [2.45, 2.75) is 13.0 Å². The predicted octanol–water partition coefficient (Wildman–Crippen LogP) is -0.823. The van der Waals surface area contributed by atoms with Gasteiger partial charge < -0.3 is 10.4 Å². The van der Waals surface area contributed by atoms with Crippen molar-refractivity contribution in [1.82, 2.24) is 5.32 Å². The summed E-state index contributed by atoms with van der Waals surface area (Å²) in [5.41, 5.74) is 0.